The molecule has 1 aliphatic rings. The van der Waals surface area contributed by atoms with Crippen molar-refractivity contribution in [3.63, 3.8) is 0 Å². The van der Waals surface area contributed by atoms with Crippen LogP contribution < -0.4 is 9.47 Å². The van der Waals surface area contributed by atoms with Crippen molar-refractivity contribution >= 4 is 39.4 Å². The number of piperidine rings is 1. The highest BCUT2D eigenvalue weighted by Crippen LogP contribution is 2.32. The molecule has 0 aliphatic carbocycles. The van der Waals surface area contributed by atoms with E-state index in [1.807, 2.05) is 0 Å². The third kappa shape index (κ3) is 5.33. The molecule has 8 nitrogen and oxygen atoms in total. The smallest absolute Gasteiger partial charge is 0.355 e. The highest BCUT2D eigenvalue weighted by atomic mass is 32.2. The number of ether oxygens (including phenoxy) is 3. The lowest BCUT2D eigenvalue weighted by atomic mass is 10.2. The average molecular weight is 466 g/mol. The van der Waals surface area contributed by atoms with Gasteiger partial charge >= 0.3 is 11.9 Å². The Kier molecular flexibility index (Phi) is 7.47. The predicted octanol–water partition coefficient (Wildman–Crippen LogP) is 3.34. The van der Waals surface area contributed by atoms with Gasteiger partial charge in [0.15, 0.2) is 11.5 Å². The summed E-state index contributed by atoms with van der Waals surface area (Å²) in [5, 5.41) is 1.56. The number of methoxy groups -OCH3 is 2. The third-order valence-electron chi connectivity index (χ3n) is 4.75. The molecule has 0 amide bonds. The van der Waals surface area contributed by atoms with Crippen molar-refractivity contribution < 1.29 is 32.2 Å². The lowest BCUT2D eigenvalue weighted by molar-refractivity contribution is -0.134. The number of hydrogen-bond acceptors (Lipinski definition) is 8. The van der Waals surface area contributed by atoms with E-state index >= 15 is 0 Å². The molecule has 10 heteroatoms. The fourth-order valence-corrected chi connectivity index (χ4v) is 5.93. The minimum absolute atomic E-state index is 0.0160. The summed E-state index contributed by atoms with van der Waals surface area (Å²) in [5.41, 5.74) is 0.631. The zero-order chi connectivity index (χ0) is 22.4. The highest BCUT2D eigenvalue weighted by Gasteiger charge is 2.32. The second-order valence-corrected chi connectivity index (χ2v) is 9.56. The van der Waals surface area contributed by atoms with Gasteiger partial charge in [-0.05, 0) is 48.1 Å². The summed E-state index contributed by atoms with van der Waals surface area (Å²) >= 11 is 1.01. The van der Waals surface area contributed by atoms with Crippen molar-refractivity contribution in [2.75, 3.05) is 27.3 Å². The molecule has 0 N–H and O–H groups in total. The van der Waals surface area contributed by atoms with Gasteiger partial charge in [-0.3, -0.25) is 0 Å². The standard InChI is InChI=1S/C21H23NO7S2/c1-27-17-14-15(7-9-19(23)28-2)6-8-16(17)29-21(24)20-18(10-13-30-20)31(25,26)22-11-4-3-5-12-22/h6-10,13-14H,3-5,11-12H2,1-2H3/b9-7+. The Labute approximate surface area is 185 Å². The lowest BCUT2D eigenvalue weighted by Crippen LogP contribution is -2.36. The minimum Gasteiger partial charge on any atom is -0.493 e. The van der Waals surface area contributed by atoms with E-state index in [9.17, 15) is 18.0 Å². The number of rotatable bonds is 7. The van der Waals surface area contributed by atoms with Crippen LogP contribution in [0.15, 0.2) is 40.6 Å². The van der Waals surface area contributed by atoms with Gasteiger partial charge in [0, 0.05) is 19.2 Å². The first-order valence-corrected chi connectivity index (χ1v) is 11.9. The number of hydrogen-bond donors (Lipinski definition) is 0. The molecule has 2 aromatic rings. The molecule has 0 radical (unpaired) electrons. The van der Waals surface area contributed by atoms with Crippen LogP contribution >= 0.6 is 11.3 Å². The van der Waals surface area contributed by atoms with Crippen molar-refractivity contribution in [2.45, 2.75) is 24.2 Å². The molecule has 0 bridgehead atoms. The van der Waals surface area contributed by atoms with Gasteiger partial charge < -0.3 is 14.2 Å². The molecule has 2 heterocycles. The molecule has 1 saturated heterocycles. The molecule has 1 aromatic carbocycles. The minimum atomic E-state index is -3.77. The van der Waals surface area contributed by atoms with Crippen LogP contribution in [0.3, 0.4) is 0 Å². The van der Waals surface area contributed by atoms with E-state index < -0.39 is 22.0 Å². The summed E-state index contributed by atoms with van der Waals surface area (Å²) in [5.74, 6) is -0.883. The number of carbonyl (C=O) groups excluding carboxylic acids is 2. The first-order chi connectivity index (χ1) is 14.9. The predicted molar refractivity (Wildman–Crippen MR) is 116 cm³/mol. The Morgan fingerprint density at radius 2 is 1.81 bits per heavy atom. The van der Waals surface area contributed by atoms with Gasteiger partial charge in [-0.25, -0.2) is 18.0 Å². The third-order valence-corrected chi connectivity index (χ3v) is 7.72. The first-order valence-electron chi connectivity index (χ1n) is 9.60. The Hall–Kier alpha value is -2.69. The van der Waals surface area contributed by atoms with E-state index in [-0.39, 0.29) is 21.3 Å². The van der Waals surface area contributed by atoms with Crippen LogP contribution in [0.25, 0.3) is 6.08 Å². The number of esters is 2. The largest absolute Gasteiger partial charge is 0.493 e. The van der Waals surface area contributed by atoms with Gasteiger partial charge in [0.1, 0.15) is 9.77 Å². The van der Waals surface area contributed by atoms with Crippen LogP contribution in [0.2, 0.25) is 0 Å². The van der Waals surface area contributed by atoms with Gasteiger partial charge in [-0.1, -0.05) is 12.5 Å². The summed E-state index contributed by atoms with van der Waals surface area (Å²) in [7, 11) is -1.08. The Balaban J connectivity index is 1.82. The van der Waals surface area contributed by atoms with E-state index in [1.165, 1.54) is 42.8 Å². The van der Waals surface area contributed by atoms with Crippen molar-refractivity contribution in [1.29, 1.82) is 0 Å². The quantitative estimate of drug-likeness (QED) is 0.351. The molecule has 31 heavy (non-hydrogen) atoms. The van der Waals surface area contributed by atoms with Crippen molar-refractivity contribution in [1.82, 2.24) is 4.31 Å². The molecule has 1 aliphatic heterocycles. The Morgan fingerprint density at radius 3 is 2.48 bits per heavy atom. The molecular weight excluding hydrogens is 442 g/mol. The molecule has 0 unspecified atom stereocenters. The summed E-state index contributed by atoms with van der Waals surface area (Å²) in [6.45, 7) is 0.891. The maximum atomic E-state index is 13.0. The molecule has 0 atom stereocenters. The summed E-state index contributed by atoms with van der Waals surface area (Å²) in [4.78, 5) is 24.0. The highest BCUT2D eigenvalue weighted by molar-refractivity contribution is 7.89. The van der Waals surface area contributed by atoms with Gasteiger partial charge in [-0.2, -0.15) is 4.31 Å². The maximum Gasteiger partial charge on any atom is 0.355 e. The summed E-state index contributed by atoms with van der Waals surface area (Å²) < 4.78 is 42.7. The number of thiophene rings is 1. The van der Waals surface area contributed by atoms with E-state index in [4.69, 9.17) is 9.47 Å². The first kappa shape index (κ1) is 23.0. The zero-order valence-electron chi connectivity index (χ0n) is 17.2. The van der Waals surface area contributed by atoms with E-state index in [0.717, 1.165) is 30.6 Å². The van der Waals surface area contributed by atoms with Crippen molar-refractivity contribution in [3.05, 3.63) is 46.2 Å². The van der Waals surface area contributed by atoms with Gasteiger partial charge in [0.25, 0.3) is 0 Å². The summed E-state index contributed by atoms with van der Waals surface area (Å²) in [6, 6.07) is 6.16. The molecule has 3 rings (SSSR count). The number of carbonyl (C=O) groups is 2. The number of nitrogens with zero attached hydrogens (tertiary/aromatic N) is 1. The number of sulfonamides is 1. The van der Waals surface area contributed by atoms with E-state index in [0.29, 0.717) is 18.7 Å². The van der Waals surface area contributed by atoms with Gasteiger partial charge in [0.05, 0.1) is 14.2 Å². The second-order valence-electron chi connectivity index (χ2n) is 6.74. The average Bonchev–Trinajstić information content (AvgIpc) is 3.29. The molecule has 1 fully saturated rings. The van der Waals surface area contributed by atoms with Crippen LogP contribution in [0.5, 0.6) is 11.5 Å². The fraction of sp³-hybridized carbons (Fsp3) is 0.333. The molecule has 0 saturated carbocycles. The maximum absolute atomic E-state index is 13.0. The van der Waals surface area contributed by atoms with Gasteiger partial charge in [0.2, 0.25) is 10.0 Å². The van der Waals surface area contributed by atoms with Crippen LogP contribution in [0.1, 0.15) is 34.5 Å². The Bertz CT molecular complexity index is 1080. The fourth-order valence-electron chi connectivity index (χ4n) is 3.14. The molecular formula is C21H23NO7S2. The van der Waals surface area contributed by atoms with E-state index in [2.05, 4.69) is 4.74 Å². The van der Waals surface area contributed by atoms with Crippen molar-refractivity contribution in [3.8, 4) is 11.5 Å². The van der Waals surface area contributed by atoms with Crippen LogP contribution in [0, 0.1) is 0 Å². The molecule has 1 aromatic heterocycles. The monoisotopic (exact) mass is 465 g/mol. The number of benzene rings is 1. The zero-order valence-corrected chi connectivity index (χ0v) is 18.8. The molecule has 0 spiro atoms. The normalized spacial score (nSPS) is 15.0. The van der Waals surface area contributed by atoms with Crippen LogP contribution in [-0.4, -0.2) is 52.0 Å². The van der Waals surface area contributed by atoms with Crippen LogP contribution in [-0.2, 0) is 19.6 Å². The SMILES string of the molecule is COC(=O)/C=C/c1ccc(OC(=O)c2sccc2S(=O)(=O)N2CCCCC2)c(OC)c1. The summed E-state index contributed by atoms with van der Waals surface area (Å²) in [6.07, 6.45) is 5.38. The second kappa shape index (κ2) is 10.1. The Morgan fingerprint density at radius 1 is 1.06 bits per heavy atom. The molecule has 166 valence electrons. The lowest BCUT2D eigenvalue weighted by Gasteiger charge is -2.25. The van der Waals surface area contributed by atoms with E-state index in [1.54, 1.807) is 17.5 Å². The van der Waals surface area contributed by atoms with Crippen LogP contribution in [0.4, 0.5) is 0 Å². The topological polar surface area (TPSA) is 99.2 Å². The van der Waals surface area contributed by atoms with Gasteiger partial charge in [-0.15, -0.1) is 11.3 Å². The van der Waals surface area contributed by atoms with Crippen molar-refractivity contribution in [2.24, 2.45) is 0 Å².